The molecule has 21 heavy (non-hydrogen) atoms. The average molecular weight is 296 g/mol. The Morgan fingerprint density at radius 1 is 1.38 bits per heavy atom. The molecule has 1 rings (SSSR count). The Bertz CT molecular complexity index is 543. The SMILES string of the molecule is CCOC(=O)CCNc1ccc([N+](=O)[O-])cc1C(=O)OC. The quantitative estimate of drug-likeness (QED) is 0.464. The van der Waals surface area contributed by atoms with Crippen LogP contribution in [0.25, 0.3) is 0 Å². The van der Waals surface area contributed by atoms with E-state index >= 15 is 0 Å². The molecule has 0 aromatic heterocycles. The molecule has 0 heterocycles. The lowest BCUT2D eigenvalue weighted by Crippen LogP contribution is -2.14. The lowest BCUT2D eigenvalue weighted by molar-refractivity contribution is -0.384. The van der Waals surface area contributed by atoms with Gasteiger partial charge in [0.1, 0.15) is 0 Å². The van der Waals surface area contributed by atoms with Crippen LogP contribution in [0.4, 0.5) is 11.4 Å². The van der Waals surface area contributed by atoms with Crippen LogP contribution in [0.1, 0.15) is 23.7 Å². The van der Waals surface area contributed by atoms with Gasteiger partial charge >= 0.3 is 11.9 Å². The number of rotatable bonds is 7. The molecule has 0 spiro atoms. The second kappa shape index (κ2) is 7.83. The Morgan fingerprint density at radius 2 is 2.10 bits per heavy atom. The second-order valence-electron chi connectivity index (χ2n) is 3.96. The molecule has 0 saturated heterocycles. The molecule has 1 N–H and O–H groups in total. The minimum Gasteiger partial charge on any atom is -0.466 e. The van der Waals surface area contributed by atoms with E-state index in [4.69, 9.17) is 4.74 Å². The van der Waals surface area contributed by atoms with E-state index in [0.717, 1.165) is 6.07 Å². The second-order valence-corrected chi connectivity index (χ2v) is 3.96. The van der Waals surface area contributed by atoms with Crippen molar-refractivity contribution in [2.24, 2.45) is 0 Å². The zero-order chi connectivity index (χ0) is 15.8. The minimum atomic E-state index is -0.697. The van der Waals surface area contributed by atoms with Gasteiger partial charge < -0.3 is 14.8 Å². The summed E-state index contributed by atoms with van der Waals surface area (Å²) in [6, 6.07) is 3.78. The normalized spacial score (nSPS) is 9.81. The molecule has 0 aliphatic heterocycles. The van der Waals surface area contributed by atoms with Crippen molar-refractivity contribution in [1.82, 2.24) is 0 Å². The Kier molecular flexibility index (Phi) is 6.12. The summed E-state index contributed by atoms with van der Waals surface area (Å²) in [5, 5.41) is 13.6. The highest BCUT2D eigenvalue weighted by Gasteiger charge is 2.17. The number of carbonyl (C=O) groups is 2. The minimum absolute atomic E-state index is 0.0376. The van der Waals surface area contributed by atoms with Crippen molar-refractivity contribution in [3.8, 4) is 0 Å². The predicted molar refractivity (Wildman–Crippen MR) is 74.2 cm³/mol. The van der Waals surface area contributed by atoms with E-state index in [-0.39, 0.29) is 30.2 Å². The first kappa shape index (κ1) is 16.4. The molecule has 1 aromatic rings. The summed E-state index contributed by atoms with van der Waals surface area (Å²) < 4.78 is 9.35. The molecule has 8 heteroatoms. The van der Waals surface area contributed by atoms with Crippen LogP contribution >= 0.6 is 0 Å². The van der Waals surface area contributed by atoms with Gasteiger partial charge in [0.15, 0.2) is 0 Å². The highest BCUT2D eigenvalue weighted by Crippen LogP contribution is 2.23. The zero-order valence-electron chi connectivity index (χ0n) is 11.8. The number of benzene rings is 1. The largest absolute Gasteiger partial charge is 0.466 e. The number of non-ortho nitro benzene ring substituents is 1. The number of hydrogen-bond acceptors (Lipinski definition) is 7. The number of carbonyl (C=O) groups excluding carboxylic acids is 2. The van der Waals surface area contributed by atoms with Crippen molar-refractivity contribution in [2.75, 3.05) is 25.6 Å². The van der Waals surface area contributed by atoms with E-state index in [2.05, 4.69) is 10.1 Å². The van der Waals surface area contributed by atoms with Gasteiger partial charge in [-0.25, -0.2) is 4.79 Å². The molecule has 0 aliphatic carbocycles. The third-order valence-electron chi connectivity index (χ3n) is 2.57. The molecule has 0 amide bonds. The van der Waals surface area contributed by atoms with E-state index in [1.165, 1.54) is 19.2 Å². The Balaban J connectivity index is 2.83. The number of nitro benzene ring substituents is 1. The van der Waals surface area contributed by atoms with E-state index in [9.17, 15) is 19.7 Å². The van der Waals surface area contributed by atoms with Crippen LogP contribution in [-0.4, -0.2) is 37.1 Å². The molecule has 114 valence electrons. The molecular formula is C13H16N2O6. The standard InChI is InChI=1S/C13H16N2O6/c1-3-21-12(16)6-7-14-11-5-4-9(15(18)19)8-10(11)13(17)20-2/h4-5,8,14H,3,6-7H2,1-2H3. The summed E-state index contributed by atoms with van der Waals surface area (Å²) in [4.78, 5) is 33.0. The maximum absolute atomic E-state index is 11.6. The van der Waals surface area contributed by atoms with Crippen LogP contribution in [-0.2, 0) is 14.3 Å². The Labute approximate surface area is 121 Å². The predicted octanol–water partition coefficient (Wildman–Crippen LogP) is 1.75. The maximum Gasteiger partial charge on any atom is 0.340 e. The van der Waals surface area contributed by atoms with Crippen molar-refractivity contribution in [3.63, 3.8) is 0 Å². The molecule has 0 fully saturated rings. The van der Waals surface area contributed by atoms with Crippen LogP contribution in [0.5, 0.6) is 0 Å². The molecule has 0 bridgehead atoms. The fourth-order valence-corrected chi connectivity index (χ4v) is 1.61. The van der Waals surface area contributed by atoms with E-state index in [1.54, 1.807) is 6.92 Å². The number of hydrogen-bond donors (Lipinski definition) is 1. The Hall–Kier alpha value is -2.64. The first-order chi connectivity index (χ1) is 9.99. The molecule has 0 radical (unpaired) electrons. The van der Waals surface area contributed by atoms with Crippen molar-refractivity contribution in [2.45, 2.75) is 13.3 Å². The number of ether oxygens (including phenoxy) is 2. The summed E-state index contributed by atoms with van der Waals surface area (Å²) in [6.07, 6.45) is 0.117. The van der Waals surface area contributed by atoms with Crippen LogP contribution in [0.2, 0.25) is 0 Å². The first-order valence-corrected chi connectivity index (χ1v) is 6.25. The third kappa shape index (κ3) is 4.75. The van der Waals surface area contributed by atoms with Crippen LogP contribution in [0.15, 0.2) is 18.2 Å². The molecule has 0 saturated carbocycles. The summed E-state index contributed by atoms with van der Waals surface area (Å²) in [5.41, 5.74) is 0.179. The number of anilines is 1. The fraction of sp³-hybridized carbons (Fsp3) is 0.385. The summed E-state index contributed by atoms with van der Waals surface area (Å²) in [7, 11) is 1.18. The van der Waals surface area contributed by atoms with Gasteiger partial charge in [-0.1, -0.05) is 0 Å². The molecular weight excluding hydrogens is 280 g/mol. The molecule has 1 aromatic carbocycles. The smallest absolute Gasteiger partial charge is 0.340 e. The molecule has 0 unspecified atom stereocenters. The van der Waals surface area contributed by atoms with Crippen molar-refractivity contribution in [1.29, 1.82) is 0 Å². The highest BCUT2D eigenvalue weighted by molar-refractivity contribution is 5.96. The van der Waals surface area contributed by atoms with E-state index in [0.29, 0.717) is 12.3 Å². The first-order valence-electron chi connectivity index (χ1n) is 6.25. The number of methoxy groups -OCH3 is 1. The van der Waals surface area contributed by atoms with Gasteiger partial charge in [0.05, 0.1) is 30.6 Å². The lowest BCUT2D eigenvalue weighted by Gasteiger charge is -2.10. The number of nitro groups is 1. The van der Waals surface area contributed by atoms with Crippen molar-refractivity contribution in [3.05, 3.63) is 33.9 Å². The number of esters is 2. The monoisotopic (exact) mass is 296 g/mol. The van der Waals surface area contributed by atoms with Gasteiger partial charge in [-0.05, 0) is 13.0 Å². The summed E-state index contributed by atoms with van der Waals surface area (Å²) in [5.74, 6) is -1.07. The van der Waals surface area contributed by atoms with E-state index in [1.807, 2.05) is 0 Å². The zero-order valence-corrected chi connectivity index (χ0v) is 11.8. The third-order valence-corrected chi connectivity index (χ3v) is 2.57. The lowest BCUT2D eigenvalue weighted by atomic mass is 10.1. The summed E-state index contributed by atoms with van der Waals surface area (Å²) in [6.45, 7) is 2.24. The van der Waals surface area contributed by atoms with Gasteiger partial charge in [0, 0.05) is 24.4 Å². The average Bonchev–Trinajstić information content (AvgIpc) is 2.46. The molecule has 8 nitrogen and oxygen atoms in total. The van der Waals surface area contributed by atoms with Crippen molar-refractivity contribution < 1.29 is 24.0 Å². The number of nitrogens with one attached hydrogen (secondary N) is 1. The molecule has 0 aliphatic rings. The summed E-state index contributed by atoms with van der Waals surface area (Å²) >= 11 is 0. The highest BCUT2D eigenvalue weighted by atomic mass is 16.6. The maximum atomic E-state index is 11.6. The van der Waals surface area contributed by atoms with Crippen molar-refractivity contribution >= 4 is 23.3 Å². The van der Waals surface area contributed by atoms with Crippen LogP contribution in [0.3, 0.4) is 0 Å². The van der Waals surface area contributed by atoms with Gasteiger partial charge in [0.2, 0.25) is 0 Å². The Morgan fingerprint density at radius 3 is 2.67 bits per heavy atom. The van der Waals surface area contributed by atoms with E-state index < -0.39 is 10.9 Å². The van der Waals surface area contributed by atoms with Gasteiger partial charge in [-0.2, -0.15) is 0 Å². The number of nitrogens with zero attached hydrogens (tertiary/aromatic N) is 1. The molecule has 0 atom stereocenters. The van der Waals surface area contributed by atoms with Gasteiger partial charge in [-0.3, -0.25) is 14.9 Å². The fourth-order valence-electron chi connectivity index (χ4n) is 1.61. The van der Waals surface area contributed by atoms with Gasteiger partial charge in [-0.15, -0.1) is 0 Å². The topological polar surface area (TPSA) is 108 Å². The van der Waals surface area contributed by atoms with Crippen LogP contribution < -0.4 is 5.32 Å². The van der Waals surface area contributed by atoms with Gasteiger partial charge in [0.25, 0.3) is 5.69 Å². The van der Waals surface area contributed by atoms with Crippen LogP contribution in [0, 0.1) is 10.1 Å².